The van der Waals surface area contributed by atoms with Crippen molar-refractivity contribution in [1.82, 2.24) is 20.9 Å². The SMILES string of the molecule is COC(=O)[C@H](CCCCN(CC[C@H](NC(=O)OCc1ccccc1)C(=O)OC(C)(C)C)CC[C@H](NC(=O)OCc1ccccc1)C(=O)OC(C)(C)C)NC(=O)OC(C)(C)C. The van der Waals surface area contributed by atoms with E-state index < -0.39 is 71.1 Å². The second-order valence-electron chi connectivity index (χ2n) is 17.2. The lowest BCUT2D eigenvalue weighted by Gasteiger charge is -2.29. The van der Waals surface area contributed by atoms with Crippen LogP contribution < -0.4 is 16.0 Å². The number of hydrogen-bond acceptors (Lipinski definition) is 13. The van der Waals surface area contributed by atoms with Gasteiger partial charge in [-0.3, -0.25) is 0 Å². The molecule has 3 amide bonds. The molecule has 3 atom stereocenters. The molecule has 0 radical (unpaired) electrons. The molecule has 0 spiro atoms. The van der Waals surface area contributed by atoms with Crippen LogP contribution >= 0.6 is 0 Å². The maximum absolute atomic E-state index is 13.4. The van der Waals surface area contributed by atoms with Crippen LogP contribution in [-0.4, -0.2) is 103 Å². The number of hydrogen-bond donors (Lipinski definition) is 3. The summed E-state index contributed by atoms with van der Waals surface area (Å²) in [6.45, 7) is 16.2. The van der Waals surface area contributed by atoms with Crippen molar-refractivity contribution in [3.63, 3.8) is 0 Å². The maximum atomic E-state index is 13.4. The van der Waals surface area contributed by atoms with Crippen molar-refractivity contribution >= 4 is 36.2 Å². The van der Waals surface area contributed by atoms with E-state index in [4.69, 9.17) is 28.4 Å². The molecule has 60 heavy (non-hydrogen) atoms. The standard InChI is InChI=1S/C44H66N4O12/c1-42(2,3)58-37(50)34(45-39(52)56-29-31-19-13-11-14-20-31)24-27-48(26-18-17-23-33(36(49)55-10)47-41(54)60-44(7,8)9)28-25-35(38(51)59-43(4,5)6)46-40(53)57-30-32-21-15-12-16-22-32/h11-16,19-22,33-35H,17-18,23-30H2,1-10H3,(H,45,52)(H,46,53)(H,47,54)/t33-,34-,35-/m0/s1. The predicted molar refractivity (Wildman–Crippen MR) is 223 cm³/mol. The van der Waals surface area contributed by atoms with Gasteiger partial charge in [0, 0.05) is 13.1 Å². The first-order valence-electron chi connectivity index (χ1n) is 20.2. The average molecular weight is 843 g/mol. The highest BCUT2D eigenvalue weighted by atomic mass is 16.6. The van der Waals surface area contributed by atoms with Crippen molar-refractivity contribution in [2.45, 2.75) is 143 Å². The molecular weight excluding hydrogens is 776 g/mol. The summed E-state index contributed by atoms with van der Waals surface area (Å²) in [7, 11) is 1.23. The molecule has 0 aliphatic carbocycles. The third-order valence-corrected chi connectivity index (χ3v) is 8.25. The van der Waals surface area contributed by atoms with Crippen molar-refractivity contribution < 1.29 is 57.2 Å². The van der Waals surface area contributed by atoms with E-state index in [2.05, 4.69) is 16.0 Å². The van der Waals surface area contributed by atoms with Gasteiger partial charge in [0.2, 0.25) is 0 Å². The maximum Gasteiger partial charge on any atom is 0.408 e. The summed E-state index contributed by atoms with van der Waals surface area (Å²) < 4.78 is 32.4. The molecule has 0 aliphatic heterocycles. The van der Waals surface area contributed by atoms with E-state index in [1.54, 1.807) is 86.6 Å². The highest BCUT2D eigenvalue weighted by molar-refractivity contribution is 5.82. The molecule has 334 valence electrons. The van der Waals surface area contributed by atoms with Crippen LogP contribution in [0.3, 0.4) is 0 Å². The zero-order valence-corrected chi connectivity index (χ0v) is 36.9. The van der Waals surface area contributed by atoms with E-state index in [0.29, 0.717) is 19.4 Å². The lowest BCUT2D eigenvalue weighted by molar-refractivity contribution is -0.158. The molecule has 2 rings (SSSR count). The number of nitrogens with zero attached hydrogens (tertiary/aromatic N) is 1. The number of amides is 3. The number of unbranched alkanes of at least 4 members (excludes halogenated alkanes) is 1. The molecule has 0 saturated carbocycles. The van der Waals surface area contributed by atoms with Crippen LogP contribution in [-0.2, 0) is 56.0 Å². The largest absolute Gasteiger partial charge is 0.467 e. The minimum Gasteiger partial charge on any atom is -0.467 e. The minimum atomic E-state index is -1.11. The Labute approximate surface area is 354 Å². The molecule has 0 fully saturated rings. The molecule has 0 bridgehead atoms. The van der Waals surface area contributed by atoms with E-state index >= 15 is 0 Å². The van der Waals surface area contributed by atoms with Crippen LogP contribution in [0, 0.1) is 0 Å². The van der Waals surface area contributed by atoms with Crippen LogP contribution in [0.4, 0.5) is 14.4 Å². The van der Waals surface area contributed by atoms with Gasteiger partial charge in [-0.2, -0.15) is 0 Å². The van der Waals surface area contributed by atoms with Crippen molar-refractivity contribution in [3.05, 3.63) is 71.8 Å². The van der Waals surface area contributed by atoms with E-state index in [1.807, 2.05) is 41.3 Å². The van der Waals surface area contributed by atoms with Crippen molar-refractivity contribution in [3.8, 4) is 0 Å². The fraction of sp³-hybridized carbons (Fsp3) is 0.591. The predicted octanol–water partition coefficient (Wildman–Crippen LogP) is 6.58. The first kappa shape index (κ1) is 50.8. The molecule has 2 aromatic carbocycles. The smallest absolute Gasteiger partial charge is 0.408 e. The van der Waals surface area contributed by atoms with Crippen LogP contribution in [0.1, 0.15) is 106 Å². The summed E-state index contributed by atoms with van der Waals surface area (Å²) in [6, 6.07) is 15.0. The number of benzene rings is 2. The zero-order chi connectivity index (χ0) is 44.9. The molecule has 0 unspecified atom stereocenters. The van der Waals surface area contributed by atoms with E-state index in [1.165, 1.54) is 7.11 Å². The van der Waals surface area contributed by atoms with Gasteiger partial charge in [-0.15, -0.1) is 0 Å². The summed E-state index contributed by atoms with van der Waals surface area (Å²) in [4.78, 5) is 79.8. The van der Waals surface area contributed by atoms with Crippen LogP contribution in [0.5, 0.6) is 0 Å². The molecule has 3 N–H and O–H groups in total. The average Bonchev–Trinajstić information content (AvgIpc) is 3.15. The Morgan fingerprint density at radius 2 is 0.883 bits per heavy atom. The normalized spacial score (nSPS) is 13.2. The highest BCUT2D eigenvalue weighted by Crippen LogP contribution is 2.15. The molecule has 0 aromatic heterocycles. The van der Waals surface area contributed by atoms with Gasteiger partial charge in [-0.25, -0.2) is 28.8 Å². The number of esters is 3. The van der Waals surface area contributed by atoms with Gasteiger partial charge >= 0.3 is 36.2 Å². The Morgan fingerprint density at radius 1 is 0.500 bits per heavy atom. The van der Waals surface area contributed by atoms with E-state index in [9.17, 15) is 28.8 Å². The van der Waals surface area contributed by atoms with Crippen molar-refractivity contribution in [1.29, 1.82) is 0 Å². The van der Waals surface area contributed by atoms with Gasteiger partial charge in [-0.1, -0.05) is 60.7 Å². The minimum absolute atomic E-state index is 0.0119. The summed E-state index contributed by atoms with van der Waals surface area (Å²) >= 11 is 0. The molecule has 2 aromatic rings. The molecule has 0 aliphatic rings. The zero-order valence-electron chi connectivity index (χ0n) is 36.9. The number of ether oxygens (including phenoxy) is 6. The van der Waals surface area contributed by atoms with Crippen molar-refractivity contribution in [2.24, 2.45) is 0 Å². The third-order valence-electron chi connectivity index (χ3n) is 8.25. The van der Waals surface area contributed by atoms with Crippen LogP contribution in [0.25, 0.3) is 0 Å². The summed E-state index contributed by atoms with van der Waals surface area (Å²) in [5.74, 6) is -1.96. The number of carbonyl (C=O) groups is 6. The molecule has 0 heterocycles. The van der Waals surface area contributed by atoms with Gasteiger partial charge < -0.3 is 49.3 Å². The Morgan fingerprint density at radius 3 is 1.27 bits per heavy atom. The van der Waals surface area contributed by atoms with Gasteiger partial charge in [0.25, 0.3) is 0 Å². The van der Waals surface area contributed by atoms with Gasteiger partial charge in [0.05, 0.1) is 7.11 Å². The molecule has 0 saturated heterocycles. The van der Waals surface area contributed by atoms with Crippen molar-refractivity contribution in [2.75, 3.05) is 26.7 Å². The van der Waals surface area contributed by atoms with Crippen LogP contribution in [0.2, 0.25) is 0 Å². The first-order valence-corrected chi connectivity index (χ1v) is 20.2. The summed E-state index contributed by atoms with van der Waals surface area (Å²) in [5.41, 5.74) is -0.952. The topological polar surface area (TPSA) is 197 Å². The van der Waals surface area contributed by atoms with Gasteiger partial charge in [0.1, 0.15) is 48.1 Å². The fourth-order valence-electron chi connectivity index (χ4n) is 5.54. The van der Waals surface area contributed by atoms with Gasteiger partial charge in [-0.05, 0) is 112 Å². The highest BCUT2D eigenvalue weighted by Gasteiger charge is 2.31. The number of rotatable bonds is 21. The Kier molecular flexibility index (Phi) is 20.8. The Balaban J connectivity index is 2.29. The van der Waals surface area contributed by atoms with E-state index in [0.717, 1.165) is 11.1 Å². The Bertz CT molecular complexity index is 1560. The Hall–Kier alpha value is -5.38. The quantitative estimate of drug-likeness (QED) is 0.0693. The van der Waals surface area contributed by atoms with E-state index in [-0.39, 0.29) is 45.6 Å². The number of alkyl carbamates (subject to hydrolysis) is 3. The summed E-state index contributed by atoms with van der Waals surface area (Å²) in [5, 5.41) is 7.87. The molecule has 16 nitrogen and oxygen atoms in total. The first-order chi connectivity index (χ1) is 28.0. The second-order valence-corrected chi connectivity index (χ2v) is 17.2. The lowest BCUT2D eigenvalue weighted by Crippen LogP contribution is -2.48. The lowest BCUT2D eigenvalue weighted by atomic mass is 10.1. The number of methoxy groups -OCH3 is 1. The number of carbonyl (C=O) groups excluding carboxylic acids is 6. The third kappa shape index (κ3) is 22.7. The summed E-state index contributed by atoms with van der Waals surface area (Å²) in [6.07, 6.45) is -1.03. The van der Waals surface area contributed by atoms with Crippen LogP contribution in [0.15, 0.2) is 60.7 Å². The fourth-order valence-corrected chi connectivity index (χ4v) is 5.54. The number of nitrogens with one attached hydrogen (secondary N) is 3. The van der Waals surface area contributed by atoms with Gasteiger partial charge in [0.15, 0.2) is 0 Å². The molecule has 16 heteroatoms. The monoisotopic (exact) mass is 842 g/mol. The second kappa shape index (κ2) is 24.6. The molecular formula is C44H66N4O12.